The number of nitrogens with zero attached hydrogens (tertiary/aromatic N) is 1. The van der Waals surface area contributed by atoms with Gasteiger partial charge >= 0.3 is 0 Å². The molecule has 2 aromatic rings. The summed E-state index contributed by atoms with van der Waals surface area (Å²) in [7, 11) is 0. The van der Waals surface area contributed by atoms with Crippen LogP contribution in [0.15, 0.2) is 39.7 Å². The first-order valence-electron chi connectivity index (χ1n) is 6.64. The molecule has 0 spiro atoms. The summed E-state index contributed by atoms with van der Waals surface area (Å²) in [5.41, 5.74) is 6.89. The van der Waals surface area contributed by atoms with Crippen LogP contribution in [0.2, 0.25) is 10.0 Å². The molecular weight excluding hydrogens is 309 g/mol. The smallest absolute Gasteiger partial charge is 0.189 e. The highest BCUT2D eigenvalue weighted by molar-refractivity contribution is 6.42. The molecule has 1 aliphatic rings. The van der Waals surface area contributed by atoms with Crippen LogP contribution in [0.1, 0.15) is 35.6 Å². The van der Waals surface area contributed by atoms with Crippen molar-refractivity contribution >= 4 is 29.2 Å². The Labute approximate surface area is 132 Å². The first-order valence-corrected chi connectivity index (χ1v) is 7.39. The van der Waals surface area contributed by atoms with Crippen LogP contribution in [0, 0.1) is 6.92 Å². The van der Waals surface area contributed by atoms with Crippen molar-refractivity contribution in [3.63, 3.8) is 0 Å². The zero-order valence-electron chi connectivity index (χ0n) is 11.4. The number of aliphatic imine (C=N–C) groups is 1. The first-order chi connectivity index (χ1) is 10.0. The second-order valence-corrected chi connectivity index (χ2v) is 5.90. The molecule has 110 valence electrons. The Kier molecular flexibility index (Phi) is 3.83. The molecule has 1 aromatic carbocycles. The number of nitrogens with one attached hydrogen (secondary N) is 1. The third-order valence-corrected chi connectivity index (χ3v) is 4.25. The van der Waals surface area contributed by atoms with Gasteiger partial charge < -0.3 is 15.5 Å². The van der Waals surface area contributed by atoms with E-state index in [1.54, 1.807) is 6.07 Å². The highest BCUT2D eigenvalue weighted by Crippen LogP contribution is 2.35. The van der Waals surface area contributed by atoms with Gasteiger partial charge in [0.25, 0.3) is 0 Å². The van der Waals surface area contributed by atoms with Crippen molar-refractivity contribution in [2.75, 3.05) is 0 Å². The summed E-state index contributed by atoms with van der Waals surface area (Å²) >= 11 is 12.0. The number of halogens is 2. The molecule has 1 aromatic heterocycles. The van der Waals surface area contributed by atoms with Crippen molar-refractivity contribution in [2.45, 2.75) is 25.4 Å². The van der Waals surface area contributed by atoms with Gasteiger partial charge in [0.15, 0.2) is 5.96 Å². The number of aryl methyl sites for hydroxylation is 1. The maximum atomic E-state index is 6.08. The quantitative estimate of drug-likeness (QED) is 0.878. The number of guanidine groups is 1. The van der Waals surface area contributed by atoms with E-state index >= 15 is 0 Å². The molecule has 0 bridgehead atoms. The molecule has 0 amide bonds. The summed E-state index contributed by atoms with van der Waals surface area (Å²) < 4.78 is 5.68. The van der Waals surface area contributed by atoms with Gasteiger partial charge in [0.1, 0.15) is 11.5 Å². The topological polar surface area (TPSA) is 63.5 Å². The maximum absolute atomic E-state index is 6.08. The minimum absolute atomic E-state index is 0.00402. The molecule has 0 saturated heterocycles. The molecule has 2 atom stereocenters. The average Bonchev–Trinajstić information content (AvgIpc) is 2.88. The van der Waals surface area contributed by atoms with Gasteiger partial charge in [-0.3, -0.25) is 0 Å². The zero-order chi connectivity index (χ0) is 15.0. The van der Waals surface area contributed by atoms with E-state index in [1.165, 1.54) is 0 Å². The first kappa shape index (κ1) is 14.3. The second-order valence-electron chi connectivity index (χ2n) is 5.08. The minimum Gasteiger partial charge on any atom is -0.464 e. The molecule has 4 nitrogen and oxygen atoms in total. The van der Waals surface area contributed by atoms with Gasteiger partial charge in [0, 0.05) is 6.42 Å². The number of hydrogen-bond acceptors (Lipinski definition) is 4. The summed E-state index contributed by atoms with van der Waals surface area (Å²) in [5.74, 6) is 2.13. The Morgan fingerprint density at radius 2 is 2.05 bits per heavy atom. The molecule has 21 heavy (non-hydrogen) atoms. The van der Waals surface area contributed by atoms with Gasteiger partial charge in [-0.1, -0.05) is 29.3 Å². The largest absolute Gasteiger partial charge is 0.464 e. The maximum Gasteiger partial charge on any atom is 0.189 e. The summed E-state index contributed by atoms with van der Waals surface area (Å²) in [6.45, 7) is 1.92. The summed E-state index contributed by atoms with van der Waals surface area (Å²) in [6, 6.07) is 9.35. The summed E-state index contributed by atoms with van der Waals surface area (Å²) in [5, 5.41) is 4.20. The predicted molar refractivity (Wildman–Crippen MR) is 84.8 cm³/mol. The van der Waals surface area contributed by atoms with Crippen molar-refractivity contribution in [3.05, 3.63) is 57.5 Å². The number of benzene rings is 1. The lowest BCUT2D eigenvalue weighted by Crippen LogP contribution is -2.39. The lowest BCUT2D eigenvalue weighted by molar-refractivity contribution is 0.385. The van der Waals surface area contributed by atoms with Crippen molar-refractivity contribution in [2.24, 2.45) is 10.7 Å². The third kappa shape index (κ3) is 3.01. The highest BCUT2D eigenvalue weighted by atomic mass is 35.5. The van der Waals surface area contributed by atoms with Crippen LogP contribution in [0.3, 0.4) is 0 Å². The highest BCUT2D eigenvalue weighted by Gasteiger charge is 2.26. The molecule has 3 rings (SSSR count). The third-order valence-electron chi connectivity index (χ3n) is 3.51. The molecule has 1 aliphatic heterocycles. The van der Waals surface area contributed by atoms with E-state index in [-0.39, 0.29) is 12.1 Å². The van der Waals surface area contributed by atoms with Crippen LogP contribution in [0.4, 0.5) is 0 Å². The minimum atomic E-state index is -0.0728. The average molecular weight is 324 g/mol. The molecule has 0 saturated carbocycles. The molecule has 2 heterocycles. The standard InChI is InChI=1S/C15H15Cl2N3O/c1-8-2-5-14(21-8)13-7-12(19-15(18)20-13)9-3-4-10(16)11(17)6-9/h2-6,12-13H,7H2,1H3,(H3,18,19,20). The number of rotatable bonds is 2. The molecule has 6 heteroatoms. The van der Waals surface area contributed by atoms with E-state index < -0.39 is 0 Å². The van der Waals surface area contributed by atoms with Gasteiger partial charge in [-0.2, -0.15) is 0 Å². The van der Waals surface area contributed by atoms with Gasteiger partial charge in [-0.05, 0) is 36.8 Å². The monoisotopic (exact) mass is 323 g/mol. The van der Waals surface area contributed by atoms with E-state index in [1.807, 2.05) is 31.2 Å². The van der Waals surface area contributed by atoms with Gasteiger partial charge in [-0.25, -0.2) is 4.99 Å². The Morgan fingerprint density at radius 3 is 2.71 bits per heavy atom. The van der Waals surface area contributed by atoms with Gasteiger partial charge in [-0.15, -0.1) is 0 Å². The van der Waals surface area contributed by atoms with E-state index in [9.17, 15) is 0 Å². The van der Waals surface area contributed by atoms with Crippen LogP contribution < -0.4 is 11.1 Å². The summed E-state index contributed by atoms with van der Waals surface area (Å²) in [4.78, 5) is 4.45. The van der Waals surface area contributed by atoms with Crippen LogP contribution in [-0.4, -0.2) is 5.96 Å². The van der Waals surface area contributed by atoms with E-state index in [4.69, 9.17) is 33.4 Å². The number of furan rings is 1. The van der Waals surface area contributed by atoms with E-state index in [0.717, 1.165) is 23.5 Å². The van der Waals surface area contributed by atoms with E-state index in [0.29, 0.717) is 16.0 Å². The van der Waals surface area contributed by atoms with Crippen LogP contribution in [0.25, 0.3) is 0 Å². The van der Waals surface area contributed by atoms with Crippen LogP contribution in [-0.2, 0) is 0 Å². The normalized spacial score (nSPS) is 21.8. The lowest BCUT2D eigenvalue weighted by atomic mass is 9.97. The fourth-order valence-electron chi connectivity index (χ4n) is 2.48. The Balaban J connectivity index is 1.89. The van der Waals surface area contributed by atoms with Crippen LogP contribution >= 0.6 is 23.2 Å². The molecular formula is C15H15Cl2N3O. The van der Waals surface area contributed by atoms with Gasteiger partial charge in [0.05, 0.1) is 22.1 Å². The Hall–Kier alpha value is -1.65. The second kappa shape index (κ2) is 5.62. The SMILES string of the molecule is Cc1ccc(C2CC(c3ccc(Cl)c(Cl)c3)N=C(N)N2)o1. The van der Waals surface area contributed by atoms with Gasteiger partial charge in [0.2, 0.25) is 0 Å². The number of nitrogens with two attached hydrogens (primary N) is 1. The van der Waals surface area contributed by atoms with E-state index in [2.05, 4.69) is 10.3 Å². The molecule has 0 aliphatic carbocycles. The molecule has 0 fully saturated rings. The Morgan fingerprint density at radius 1 is 1.24 bits per heavy atom. The molecule has 2 unspecified atom stereocenters. The predicted octanol–water partition coefficient (Wildman–Crippen LogP) is 3.99. The van der Waals surface area contributed by atoms with Crippen molar-refractivity contribution < 1.29 is 4.42 Å². The fraction of sp³-hybridized carbons (Fsp3) is 0.267. The van der Waals surface area contributed by atoms with Crippen molar-refractivity contribution in [1.82, 2.24) is 5.32 Å². The number of hydrogen-bond donors (Lipinski definition) is 2. The Bertz CT molecular complexity index is 696. The zero-order valence-corrected chi connectivity index (χ0v) is 12.9. The van der Waals surface area contributed by atoms with Crippen molar-refractivity contribution in [3.8, 4) is 0 Å². The van der Waals surface area contributed by atoms with Crippen LogP contribution in [0.5, 0.6) is 0 Å². The fourth-order valence-corrected chi connectivity index (χ4v) is 2.78. The summed E-state index contributed by atoms with van der Waals surface area (Å²) in [6.07, 6.45) is 0.742. The molecule has 3 N–H and O–H groups in total. The molecule has 0 radical (unpaired) electrons. The lowest BCUT2D eigenvalue weighted by Gasteiger charge is -2.27. The van der Waals surface area contributed by atoms with Crippen molar-refractivity contribution in [1.29, 1.82) is 0 Å².